The van der Waals surface area contributed by atoms with Gasteiger partial charge in [-0.3, -0.25) is 19.5 Å². The van der Waals surface area contributed by atoms with E-state index in [1.54, 1.807) is 12.1 Å². The highest BCUT2D eigenvalue weighted by molar-refractivity contribution is 5.79. The van der Waals surface area contributed by atoms with Gasteiger partial charge in [-0.25, -0.2) is 4.98 Å². The van der Waals surface area contributed by atoms with E-state index in [-0.39, 0.29) is 37.6 Å². The molecular formula is C19H17N3O7. The number of nitro groups is 1. The van der Waals surface area contributed by atoms with Gasteiger partial charge in [-0.1, -0.05) is 6.07 Å². The number of ether oxygens (including phenoxy) is 3. The van der Waals surface area contributed by atoms with Crippen LogP contribution in [0.15, 0.2) is 47.5 Å². The number of aliphatic hydroxyl groups excluding tert-OH is 1. The number of benzene rings is 2. The molecule has 0 aliphatic carbocycles. The Bertz CT molecular complexity index is 1130. The molecule has 1 N–H and O–H groups in total. The molecule has 0 fully saturated rings. The fraction of sp³-hybridized carbons (Fsp3) is 0.263. The predicted molar refractivity (Wildman–Crippen MR) is 101 cm³/mol. The van der Waals surface area contributed by atoms with Crippen LogP contribution < -0.4 is 15.0 Å². The summed E-state index contributed by atoms with van der Waals surface area (Å²) in [6.07, 6.45) is 0.344. The second-order valence-corrected chi connectivity index (χ2v) is 6.52. The zero-order valence-electron chi connectivity index (χ0n) is 15.2. The molecule has 10 nitrogen and oxygen atoms in total. The molecule has 29 heavy (non-hydrogen) atoms. The molecule has 0 bridgehead atoms. The summed E-state index contributed by atoms with van der Waals surface area (Å²) in [4.78, 5) is 27.0. The molecule has 150 valence electrons. The van der Waals surface area contributed by atoms with E-state index >= 15 is 0 Å². The Labute approximate surface area is 164 Å². The number of nitro benzene ring substituents is 1. The lowest BCUT2D eigenvalue weighted by Crippen LogP contribution is -2.29. The van der Waals surface area contributed by atoms with Crippen LogP contribution in [0.5, 0.6) is 11.5 Å². The first-order valence-corrected chi connectivity index (χ1v) is 8.79. The highest BCUT2D eigenvalue weighted by Crippen LogP contribution is 2.32. The minimum atomic E-state index is -0.959. The van der Waals surface area contributed by atoms with Crippen LogP contribution in [0, 0.1) is 10.1 Å². The van der Waals surface area contributed by atoms with Crippen LogP contribution >= 0.6 is 0 Å². The highest BCUT2D eigenvalue weighted by atomic mass is 16.7. The Hall–Kier alpha value is -3.50. The van der Waals surface area contributed by atoms with E-state index in [1.165, 1.54) is 29.1 Å². The molecule has 1 atom stereocenters. The molecule has 0 radical (unpaired) electrons. The lowest BCUT2D eigenvalue weighted by atomic mass is 10.2. The first-order chi connectivity index (χ1) is 14.0. The van der Waals surface area contributed by atoms with Crippen molar-refractivity contribution in [2.45, 2.75) is 19.3 Å². The molecular weight excluding hydrogens is 382 g/mol. The first-order valence-electron chi connectivity index (χ1n) is 8.79. The molecule has 2 heterocycles. The summed E-state index contributed by atoms with van der Waals surface area (Å²) >= 11 is 0. The quantitative estimate of drug-likeness (QED) is 0.469. The average molecular weight is 399 g/mol. The first kappa shape index (κ1) is 18.8. The lowest BCUT2D eigenvalue weighted by molar-refractivity contribution is -0.384. The number of hydrogen-bond acceptors (Lipinski definition) is 8. The van der Waals surface area contributed by atoms with Crippen molar-refractivity contribution in [2.75, 3.05) is 13.4 Å². The fourth-order valence-corrected chi connectivity index (χ4v) is 3.01. The van der Waals surface area contributed by atoms with Gasteiger partial charge in [-0.2, -0.15) is 0 Å². The number of fused-ring (bicyclic) bond motifs is 2. The summed E-state index contributed by atoms with van der Waals surface area (Å²) in [5.74, 6) is 1.33. The minimum Gasteiger partial charge on any atom is -0.454 e. The van der Waals surface area contributed by atoms with E-state index in [4.69, 9.17) is 14.2 Å². The van der Waals surface area contributed by atoms with Crippen LogP contribution in [-0.2, 0) is 17.9 Å². The number of non-ortho nitro benzene ring substituents is 1. The number of aromatic nitrogens is 2. The van der Waals surface area contributed by atoms with Gasteiger partial charge in [0.05, 0.1) is 48.0 Å². The van der Waals surface area contributed by atoms with Gasteiger partial charge in [0.1, 0.15) is 0 Å². The monoisotopic (exact) mass is 399 g/mol. The fourth-order valence-electron chi connectivity index (χ4n) is 3.01. The van der Waals surface area contributed by atoms with Gasteiger partial charge in [0, 0.05) is 12.1 Å². The Morgan fingerprint density at radius 3 is 2.90 bits per heavy atom. The van der Waals surface area contributed by atoms with E-state index in [0.29, 0.717) is 17.0 Å². The zero-order chi connectivity index (χ0) is 20.4. The molecule has 1 unspecified atom stereocenters. The molecule has 1 aromatic heterocycles. The van der Waals surface area contributed by atoms with Crippen LogP contribution in [0.25, 0.3) is 10.9 Å². The van der Waals surface area contributed by atoms with E-state index in [1.807, 2.05) is 6.07 Å². The molecule has 2 aromatic carbocycles. The van der Waals surface area contributed by atoms with Crippen LogP contribution in [0.1, 0.15) is 5.56 Å². The predicted octanol–water partition coefficient (Wildman–Crippen LogP) is 1.61. The summed E-state index contributed by atoms with van der Waals surface area (Å²) in [5, 5.41) is 21.3. The molecule has 4 rings (SSSR count). The number of aliphatic hydroxyl groups is 1. The molecule has 3 aromatic rings. The minimum absolute atomic E-state index is 0.00609. The van der Waals surface area contributed by atoms with E-state index < -0.39 is 16.6 Å². The zero-order valence-corrected chi connectivity index (χ0v) is 15.2. The van der Waals surface area contributed by atoms with Crippen LogP contribution in [0.3, 0.4) is 0 Å². The van der Waals surface area contributed by atoms with Crippen molar-refractivity contribution < 1.29 is 24.2 Å². The van der Waals surface area contributed by atoms with Crippen LogP contribution in [-0.4, -0.2) is 39.1 Å². The van der Waals surface area contributed by atoms with Gasteiger partial charge in [-0.15, -0.1) is 0 Å². The van der Waals surface area contributed by atoms with Crippen molar-refractivity contribution in [1.29, 1.82) is 0 Å². The van der Waals surface area contributed by atoms with Crippen molar-refractivity contribution in [3.63, 3.8) is 0 Å². The normalized spacial score (nSPS) is 13.6. The van der Waals surface area contributed by atoms with Gasteiger partial charge in [0.25, 0.3) is 11.2 Å². The van der Waals surface area contributed by atoms with Crippen molar-refractivity contribution in [1.82, 2.24) is 9.55 Å². The van der Waals surface area contributed by atoms with Gasteiger partial charge in [-0.05, 0) is 23.8 Å². The van der Waals surface area contributed by atoms with Crippen molar-refractivity contribution in [3.8, 4) is 11.5 Å². The molecule has 10 heteroatoms. The summed E-state index contributed by atoms with van der Waals surface area (Å²) < 4.78 is 17.3. The summed E-state index contributed by atoms with van der Waals surface area (Å²) in [6, 6.07) is 9.33. The molecule has 0 saturated heterocycles. The second-order valence-electron chi connectivity index (χ2n) is 6.52. The third-order valence-corrected chi connectivity index (χ3v) is 4.44. The van der Waals surface area contributed by atoms with Crippen molar-refractivity contribution in [2.24, 2.45) is 0 Å². The number of rotatable bonds is 7. The van der Waals surface area contributed by atoms with E-state index in [9.17, 15) is 20.0 Å². The standard InChI is InChI=1S/C19H17N3O7/c23-14(9-27-8-12-1-4-17-18(5-12)29-11-28-17)7-21-10-20-16-3-2-13(22(25)26)6-15(16)19(21)24/h1-6,10,14,23H,7-9,11H2. The Balaban J connectivity index is 1.39. The van der Waals surface area contributed by atoms with Crippen molar-refractivity contribution in [3.05, 3.63) is 68.8 Å². The third-order valence-electron chi connectivity index (χ3n) is 4.44. The summed E-state index contributed by atoms with van der Waals surface area (Å²) in [6.45, 7) is 0.389. The number of hydrogen-bond donors (Lipinski definition) is 1. The van der Waals surface area contributed by atoms with Gasteiger partial charge in [0.15, 0.2) is 11.5 Å². The smallest absolute Gasteiger partial charge is 0.270 e. The van der Waals surface area contributed by atoms with Crippen LogP contribution in [0.4, 0.5) is 5.69 Å². The van der Waals surface area contributed by atoms with Gasteiger partial charge in [0.2, 0.25) is 6.79 Å². The molecule has 1 aliphatic rings. The van der Waals surface area contributed by atoms with Crippen LogP contribution in [0.2, 0.25) is 0 Å². The highest BCUT2D eigenvalue weighted by Gasteiger charge is 2.15. The maximum absolute atomic E-state index is 12.6. The van der Waals surface area contributed by atoms with Gasteiger partial charge < -0.3 is 19.3 Å². The SMILES string of the molecule is O=c1c2cc([N+](=O)[O-])ccc2ncn1CC(O)COCc1ccc2c(c1)OCO2. The topological polar surface area (TPSA) is 126 Å². The maximum Gasteiger partial charge on any atom is 0.270 e. The average Bonchev–Trinajstić information content (AvgIpc) is 3.18. The molecule has 1 aliphatic heterocycles. The van der Waals surface area contributed by atoms with E-state index in [2.05, 4.69) is 4.98 Å². The lowest BCUT2D eigenvalue weighted by Gasteiger charge is -2.13. The largest absolute Gasteiger partial charge is 0.454 e. The molecule has 0 saturated carbocycles. The van der Waals surface area contributed by atoms with Crippen molar-refractivity contribution >= 4 is 16.6 Å². The van der Waals surface area contributed by atoms with E-state index in [0.717, 1.165) is 5.56 Å². The molecule has 0 amide bonds. The Morgan fingerprint density at radius 2 is 2.07 bits per heavy atom. The molecule has 0 spiro atoms. The Kier molecular flexibility index (Phi) is 5.10. The number of nitrogens with zero attached hydrogens (tertiary/aromatic N) is 3. The maximum atomic E-state index is 12.6. The Morgan fingerprint density at radius 1 is 1.24 bits per heavy atom. The van der Waals surface area contributed by atoms with Gasteiger partial charge >= 0.3 is 0 Å². The third kappa shape index (κ3) is 4.03. The summed E-state index contributed by atoms with van der Waals surface area (Å²) in [7, 11) is 0. The summed E-state index contributed by atoms with van der Waals surface area (Å²) in [5.41, 5.74) is 0.555. The second kappa shape index (κ2) is 7.86.